The lowest BCUT2D eigenvalue weighted by Crippen LogP contribution is -2.65. The van der Waals surface area contributed by atoms with Gasteiger partial charge in [0, 0.05) is 42.9 Å². The smallest absolute Gasteiger partial charge is 0.259 e. The highest BCUT2D eigenvalue weighted by Gasteiger charge is 2.45. The summed E-state index contributed by atoms with van der Waals surface area (Å²) in [7, 11) is 0. The van der Waals surface area contributed by atoms with Crippen LogP contribution in [0.25, 0.3) is 22.6 Å². The monoisotopic (exact) mass is 451 g/mol. The summed E-state index contributed by atoms with van der Waals surface area (Å²) >= 11 is 0. The molecule has 0 radical (unpaired) electrons. The Bertz CT molecular complexity index is 1320. The van der Waals surface area contributed by atoms with E-state index < -0.39 is 0 Å². The zero-order chi connectivity index (χ0) is 23.1. The minimum absolute atomic E-state index is 0.0180. The average Bonchev–Trinajstić information content (AvgIpc) is 3.27. The summed E-state index contributed by atoms with van der Waals surface area (Å²) in [6, 6.07) is 21.9. The topological polar surface area (TPSA) is 75.4 Å². The lowest BCUT2D eigenvalue weighted by molar-refractivity contribution is 0.0590. The molecule has 0 N–H and O–H groups in total. The van der Waals surface area contributed by atoms with Gasteiger partial charge in [-0.1, -0.05) is 65.8 Å². The first kappa shape index (κ1) is 20.6. The van der Waals surface area contributed by atoms with Crippen molar-refractivity contribution in [3.8, 4) is 22.6 Å². The van der Waals surface area contributed by atoms with E-state index in [4.69, 9.17) is 9.51 Å². The fraction of sp³-hybridized carbons (Fsp3) is 0.259. The standard InChI is InChI=1S/C27H25N5O2/c1-18-24(25(30-34-18)19-8-4-2-5-9-19)27(33)31-15-13-21-16-32(22(21)17-31)23-12-14-28-26(29-23)20-10-6-3-7-11-20/h2-12,14,21-22H,13,15-17H2,1H3/t21-,22-/m0/s1. The Hall–Kier alpha value is -4.00. The Balaban J connectivity index is 1.23. The van der Waals surface area contributed by atoms with Crippen LogP contribution in [0.4, 0.5) is 5.82 Å². The Morgan fingerprint density at radius 1 is 0.971 bits per heavy atom. The van der Waals surface area contributed by atoms with E-state index in [1.165, 1.54) is 0 Å². The molecule has 2 aromatic carbocycles. The van der Waals surface area contributed by atoms with Gasteiger partial charge in [0.2, 0.25) is 0 Å². The summed E-state index contributed by atoms with van der Waals surface area (Å²) in [5.74, 6) is 2.74. The summed E-state index contributed by atoms with van der Waals surface area (Å²) in [6.45, 7) is 4.17. The van der Waals surface area contributed by atoms with Crippen molar-refractivity contribution in [2.75, 3.05) is 24.5 Å². The first-order valence-electron chi connectivity index (χ1n) is 11.6. The summed E-state index contributed by atoms with van der Waals surface area (Å²) in [4.78, 5) is 27.2. The molecular weight excluding hydrogens is 426 g/mol. The number of hydrogen-bond donors (Lipinski definition) is 0. The van der Waals surface area contributed by atoms with Crippen LogP contribution in [0.1, 0.15) is 22.5 Å². The van der Waals surface area contributed by atoms with E-state index in [-0.39, 0.29) is 11.9 Å². The first-order chi connectivity index (χ1) is 16.7. The van der Waals surface area contributed by atoms with Gasteiger partial charge in [-0.25, -0.2) is 9.97 Å². The second-order valence-electron chi connectivity index (χ2n) is 8.95. The normalized spacial score (nSPS) is 19.4. The van der Waals surface area contributed by atoms with Gasteiger partial charge in [-0.05, 0) is 19.4 Å². The number of carbonyl (C=O) groups is 1. The molecule has 2 atom stereocenters. The van der Waals surface area contributed by atoms with Crippen molar-refractivity contribution < 1.29 is 9.32 Å². The molecule has 4 aromatic rings. The number of aromatic nitrogens is 3. The maximum atomic E-state index is 13.6. The molecule has 6 rings (SSSR count). The second-order valence-corrected chi connectivity index (χ2v) is 8.95. The number of rotatable bonds is 4. The molecule has 1 amide bonds. The fourth-order valence-corrected chi connectivity index (χ4v) is 5.05. The Morgan fingerprint density at radius 3 is 2.47 bits per heavy atom. The molecule has 2 aliphatic rings. The predicted molar refractivity (Wildman–Crippen MR) is 129 cm³/mol. The molecular formula is C27H25N5O2. The van der Waals surface area contributed by atoms with E-state index in [9.17, 15) is 4.79 Å². The van der Waals surface area contributed by atoms with Gasteiger partial charge in [0.1, 0.15) is 22.8 Å². The second kappa shape index (κ2) is 8.41. The highest BCUT2D eigenvalue weighted by atomic mass is 16.5. The van der Waals surface area contributed by atoms with Gasteiger partial charge in [0.25, 0.3) is 5.91 Å². The van der Waals surface area contributed by atoms with Gasteiger partial charge in [-0.15, -0.1) is 0 Å². The van der Waals surface area contributed by atoms with Crippen LogP contribution >= 0.6 is 0 Å². The van der Waals surface area contributed by atoms with Gasteiger partial charge in [0.15, 0.2) is 5.82 Å². The SMILES string of the molecule is Cc1onc(-c2ccccc2)c1C(=O)N1CC[C@H]2CN(c3ccnc(-c4ccccc4)n3)[C@H]2C1. The van der Waals surface area contributed by atoms with Gasteiger partial charge in [0.05, 0.1) is 6.04 Å². The third kappa shape index (κ3) is 3.53. The molecule has 2 saturated heterocycles. The molecule has 2 aliphatic heterocycles. The number of benzene rings is 2. The zero-order valence-electron chi connectivity index (χ0n) is 19.0. The molecule has 0 unspecified atom stereocenters. The highest BCUT2D eigenvalue weighted by molar-refractivity contribution is 6.01. The van der Waals surface area contributed by atoms with E-state index in [1.807, 2.05) is 77.8 Å². The Morgan fingerprint density at radius 2 is 1.71 bits per heavy atom. The van der Waals surface area contributed by atoms with Crippen LogP contribution in [0.5, 0.6) is 0 Å². The third-order valence-electron chi connectivity index (χ3n) is 6.93. The number of anilines is 1. The molecule has 0 spiro atoms. The lowest BCUT2D eigenvalue weighted by Gasteiger charge is -2.54. The number of nitrogens with zero attached hydrogens (tertiary/aromatic N) is 5. The van der Waals surface area contributed by atoms with E-state index in [0.717, 1.165) is 42.3 Å². The number of fused-ring (bicyclic) bond motifs is 1. The van der Waals surface area contributed by atoms with Crippen LogP contribution in [0.2, 0.25) is 0 Å². The third-order valence-corrected chi connectivity index (χ3v) is 6.93. The van der Waals surface area contributed by atoms with E-state index in [2.05, 4.69) is 15.0 Å². The van der Waals surface area contributed by atoms with Crippen molar-refractivity contribution in [2.45, 2.75) is 19.4 Å². The first-order valence-corrected chi connectivity index (χ1v) is 11.6. The van der Waals surface area contributed by atoms with Gasteiger partial charge in [-0.3, -0.25) is 4.79 Å². The number of aryl methyl sites for hydroxylation is 1. The van der Waals surface area contributed by atoms with E-state index >= 15 is 0 Å². The minimum atomic E-state index is -0.0180. The van der Waals surface area contributed by atoms with Crippen LogP contribution in [0.15, 0.2) is 77.4 Å². The highest BCUT2D eigenvalue weighted by Crippen LogP contribution is 2.37. The van der Waals surface area contributed by atoms with Crippen LogP contribution in [-0.4, -0.2) is 51.6 Å². The quantitative estimate of drug-likeness (QED) is 0.456. The van der Waals surface area contributed by atoms with Crippen LogP contribution in [-0.2, 0) is 0 Å². The van der Waals surface area contributed by atoms with Crippen molar-refractivity contribution in [3.05, 3.63) is 84.3 Å². The molecule has 4 heterocycles. The number of amides is 1. The van der Waals surface area contributed by atoms with Gasteiger partial charge < -0.3 is 14.3 Å². The average molecular weight is 452 g/mol. The number of likely N-dealkylation sites (tertiary alicyclic amines) is 1. The van der Waals surface area contributed by atoms with Crippen molar-refractivity contribution in [1.29, 1.82) is 0 Å². The lowest BCUT2D eigenvalue weighted by atomic mass is 9.82. The predicted octanol–water partition coefficient (Wildman–Crippen LogP) is 4.46. The van der Waals surface area contributed by atoms with E-state index in [1.54, 1.807) is 6.92 Å². The Labute approximate surface area is 198 Å². The molecule has 0 aliphatic carbocycles. The molecule has 170 valence electrons. The van der Waals surface area contributed by atoms with Crippen molar-refractivity contribution >= 4 is 11.7 Å². The molecule has 0 saturated carbocycles. The summed E-state index contributed by atoms with van der Waals surface area (Å²) in [5, 5.41) is 4.20. The van der Waals surface area contributed by atoms with Crippen LogP contribution in [0.3, 0.4) is 0 Å². The largest absolute Gasteiger partial charge is 0.360 e. The number of hydrogen-bond acceptors (Lipinski definition) is 6. The van der Waals surface area contributed by atoms with E-state index in [0.29, 0.717) is 29.5 Å². The molecule has 0 bridgehead atoms. The van der Waals surface area contributed by atoms with Crippen molar-refractivity contribution in [3.63, 3.8) is 0 Å². The summed E-state index contributed by atoms with van der Waals surface area (Å²) < 4.78 is 5.44. The minimum Gasteiger partial charge on any atom is -0.360 e. The molecule has 34 heavy (non-hydrogen) atoms. The van der Waals surface area contributed by atoms with Gasteiger partial charge in [-0.2, -0.15) is 0 Å². The summed E-state index contributed by atoms with van der Waals surface area (Å²) in [6.07, 6.45) is 2.80. The van der Waals surface area contributed by atoms with Gasteiger partial charge >= 0.3 is 0 Å². The maximum absolute atomic E-state index is 13.6. The maximum Gasteiger partial charge on any atom is 0.259 e. The molecule has 7 heteroatoms. The van der Waals surface area contributed by atoms with Crippen LogP contribution in [0, 0.1) is 12.8 Å². The molecule has 7 nitrogen and oxygen atoms in total. The molecule has 2 aromatic heterocycles. The van der Waals surface area contributed by atoms with Crippen molar-refractivity contribution in [1.82, 2.24) is 20.0 Å². The zero-order valence-corrected chi connectivity index (χ0v) is 19.0. The molecule has 2 fully saturated rings. The summed E-state index contributed by atoms with van der Waals surface area (Å²) in [5.41, 5.74) is 3.05. The van der Waals surface area contributed by atoms with Crippen molar-refractivity contribution in [2.24, 2.45) is 5.92 Å². The fourth-order valence-electron chi connectivity index (χ4n) is 5.05. The number of carbonyl (C=O) groups excluding carboxylic acids is 1. The van der Waals surface area contributed by atoms with Crippen LogP contribution < -0.4 is 4.90 Å². The number of piperidine rings is 1. The Kier molecular flexibility index (Phi) is 5.09.